The Labute approximate surface area is 135 Å². The number of benzene rings is 1. The van der Waals surface area contributed by atoms with Gasteiger partial charge in [0.2, 0.25) is 0 Å². The molecule has 1 saturated heterocycles. The van der Waals surface area contributed by atoms with Gasteiger partial charge in [-0.15, -0.1) is 0 Å². The fourth-order valence-electron chi connectivity index (χ4n) is 3.26. The molecule has 2 N–H and O–H groups in total. The van der Waals surface area contributed by atoms with Gasteiger partial charge in [0, 0.05) is 36.1 Å². The average molecular weight is 307 g/mol. The Morgan fingerprint density at radius 3 is 3.04 bits per heavy atom. The molecule has 5 heteroatoms. The second-order valence-electron chi connectivity index (χ2n) is 6.25. The first-order chi connectivity index (χ1) is 11.3. The summed E-state index contributed by atoms with van der Waals surface area (Å²) in [6.07, 6.45) is 9.14. The zero-order valence-electron chi connectivity index (χ0n) is 13.3. The van der Waals surface area contributed by atoms with Crippen LogP contribution in [0.15, 0.2) is 43.0 Å². The minimum atomic E-state index is 0.586. The molecule has 0 amide bonds. The van der Waals surface area contributed by atoms with Crippen LogP contribution < -0.4 is 5.32 Å². The van der Waals surface area contributed by atoms with E-state index >= 15 is 0 Å². The van der Waals surface area contributed by atoms with Crippen molar-refractivity contribution in [2.45, 2.75) is 32.2 Å². The third-order valence-electron chi connectivity index (χ3n) is 4.55. The van der Waals surface area contributed by atoms with Gasteiger partial charge in [0.1, 0.15) is 0 Å². The Balaban J connectivity index is 1.60. The highest BCUT2D eigenvalue weighted by Crippen LogP contribution is 2.24. The summed E-state index contributed by atoms with van der Waals surface area (Å²) in [4.78, 5) is 4.14. The first-order valence-corrected chi connectivity index (χ1v) is 8.16. The Morgan fingerprint density at radius 2 is 2.26 bits per heavy atom. The van der Waals surface area contributed by atoms with Crippen LogP contribution in [-0.2, 0) is 6.42 Å². The number of nitrogens with one attached hydrogen (secondary N) is 2. The monoisotopic (exact) mass is 307 g/mol. The molecule has 3 aromatic rings. The molecule has 23 heavy (non-hydrogen) atoms. The van der Waals surface area contributed by atoms with Crippen molar-refractivity contribution < 1.29 is 0 Å². The highest BCUT2D eigenvalue weighted by molar-refractivity contribution is 5.64. The van der Waals surface area contributed by atoms with E-state index in [0.717, 1.165) is 29.9 Å². The van der Waals surface area contributed by atoms with E-state index in [-0.39, 0.29) is 0 Å². The van der Waals surface area contributed by atoms with Gasteiger partial charge in [0.15, 0.2) is 0 Å². The van der Waals surface area contributed by atoms with Crippen LogP contribution in [-0.4, -0.2) is 32.3 Å². The number of rotatable bonds is 4. The lowest BCUT2D eigenvalue weighted by Gasteiger charge is -2.08. The molecule has 5 nitrogen and oxygen atoms in total. The van der Waals surface area contributed by atoms with E-state index in [1.54, 1.807) is 6.20 Å². The maximum absolute atomic E-state index is 4.50. The van der Waals surface area contributed by atoms with E-state index in [9.17, 15) is 0 Å². The SMILES string of the molecule is Cc1ccc(-c2cc(C[C@@H]3CCCN3)[nH]n2)cc1-n1ccnc1. The molecule has 1 atom stereocenters. The minimum Gasteiger partial charge on any atom is -0.314 e. The Kier molecular flexibility index (Phi) is 3.71. The van der Waals surface area contributed by atoms with Gasteiger partial charge in [-0.2, -0.15) is 5.10 Å². The smallest absolute Gasteiger partial charge is 0.0991 e. The van der Waals surface area contributed by atoms with Gasteiger partial charge in [-0.05, 0) is 44.0 Å². The van der Waals surface area contributed by atoms with Gasteiger partial charge < -0.3 is 9.88 Å². The fourth-order valence-corrected chi connectivity index (χ4v) is 3.26. The normalized spacial score (nSPS) is 17.7. The van der Waals surface area contributed by atoms with E-state index in [1.165, 1.54) is 24.1 Å². The number of nitrogens with zero attached hydrogens (tertiary/aromatic N) is 3. The number of aromatic amines is 1. The molecule has 0 spiro atoms. The molecular formula is C18H21N5. The third kappa shape index (κ3) is 2.92. The van der Waals surface area contributed by atoms with E-state index < -0.39 is 0 Å². The Bertz CT molecular complexity index is 782. The zero-order chi connectivity index (χ0) is 15.6. The van der Waals surface area contributed by atoms with Gasteiger partial charge >= 0.3 is 0 Å². The van der Waals surface area contributed by atoms with Crippen LogP contribution in [0.25, 0.3) is 16.9 Å². The predicted octanol–water partition coefficient (Wildman–Crippen LogP) is 2.87. The molecule has 0 bridgehead atoms. The largest absolute Gasteiger partial charge is 0.314 e. The Morgan fingerprint density at radius 1 is 1.30 bits per heavy atom. The van der Waals surface area contributed by atoms with Crippen molar-refractivity contribution >= 4 is 0 Å². The number of H-pyrrole nitrogens is 1. The summed E-state index contributed by atoms with van der Waals surface area (Å²) < 4.78 is 2.04. The summed E-state index contributed by atoms with van der Waals surface area (Å²) in [6.45, 7) is 3.25. The maximum atomic E-state index is 4.50. The lowest BCUT2D eigenvalue weighted by Crippen LogP contribution is -2.23. The second kappa shape index (κ2) is 6.01. The van der Waals surface area contributed by atoms with Gasteiger partial charge in [-0.3, -0.25) is 5.10 Å². The fraction of sp³-hybridized carbons (Fsp3) is 0.333. The van der Waals surface area contributed by atoms with Crippen molar-refractivity contribution in [3.05, 3.63) is 54.2 Å². The maximum Gasteiger partial charge on any atom is 0.0991 e. The molecule has 1 fully saturated rings. The van der Waals surface area contributed by atoms with Gasteiger partial charge in [0.25, 0.3) is 0 Å². The molecule has 1 aliphatic rings. The predicted molar refractivity (Wildman–Crippen MR) is 90.6 cm³/mol. The number of aromatic nitrogens is 4. The van der Waals surface area contributed by atoms with E-state index in [4.69, 9.17) is 0 Å². The van der Waals surface area contributed by atoms with Crippen molar-refractivity contribution in [3.63, 3.8) is 0 Å². The van der Waals surface area contributed by atoms with Crippen LogP contribution in [0, 0.1) is 6.92 Å². The average Bonchev–Trinajstić information content (AvgIpc) is 3.31. The minimum absolute atomic E-state index is 0.586. The van der Waals surface area contributed by atoms with E-state index in [2.05, 4.69) is 51.7 Å². The molecule has 118 valence electrons. The summed E-state index contributed by atoms with van der Waals surface area (Å²) in [5.74, 6) is 0. The molecule has 3 heterocycles. The summed E-state index contributed by atoms with van der Waals surface area (Å²) in [5, 5.41) is 11.2. The third-order valence-corrected chi connectivity index (χ3v) is 4.55. The summed E-state index contributed by atoms with van der Waals surface area (Å²) in [5.41, 5.74) is 5.68. The molecule has 4 rings (SSSR count). The lowest BCUT2D eigenvalue weighted by molar-refractivity contribution is 0.594. The van der Waals surface area contributed by atoms with Crippen LogP contribution in [0.2, 0.25) is 0 Å². The molecule has 0 radical (unpaired) electrons. The quantitative estimate of drug-likeness (QED) is 0.779. The number of imidazole rings is 1. The molecule has 1 aliphatic heterocycles. The topological polar surface area (TPSA) is 58.5 Å². The zero-order valence-corrected chi connectivity index (χ0v) is 13.3. The van der Waals surface area contributed by atoms with Crippen LogP contribution >= 0.6 is 0 Å². The molecule has 0 aliphatic carbocycles. The van der Waals surface area contributed by atoms with Crippen molar-refractivity contribution in [1.82, 2.24) is 25.1 Å². The lowest BCUT2D eigenvalue weighted by atomic mass is 10.1. The highest BCUT2D eigenvalue weighted by Gasteiger charge is 2.16. The van der Waals surface area contributed by atoms with Crippen molar-refractivity contribution in [3.8, 4) is 16.9 Å². The van der Waals surface area contributed by atoms with Gasteiger partial charge in [-0.1, -0.05) is 12.1 Å². The van der Waals surface area contributed by atoms with Gasteiger partial charge in [0.05, 0.1) is 17.7 Å². The summed E-state index contributed by atoms with van der Waals surface area (Å²) >= 11 is 0. The molecular weight excluding hydrogens is 286 g/mol. The van der Waals surface area contributed by atoms with Crippen molar-refractivity contribution in [2.75, 3.05) is 6.54 Å². The van der Waals surface area contributed by atoms with E-state index in [0.29, 0.717) is 6.04 Å². The van der Waals surface area contributed by atoms with Crippen LogP contribution in [0.4, 0.5) is 0 Å². The number of hydrogen-bond acceptors (Lipinski definition) is 3. The van der Waals surface area contributed by atoms with Crippen LogP contribution in [0.5, 0.6) is 0 Å². The van der Waals surface area contributed by atoms with Gasteiger partial charge in [-0.25, -0.2) is 4.98 Å². The van der Waals surface area contributed by atoms with Crippen LogP contribution in [0.3, 0.4) is 0 Å². The first-order valence-electron chi connectivity index (χ1n) is 8.16. The van der Waals surface area contributed by atoms with E-state index in [1.807, 2.05) is 17.1 Å². The van der Waals surface area contributed by atoms with Crippen molar-refractivity contribution in [1.29, 1.82) is 0 Å². The van der Waals surface area contributed by atoms with Crippen LogP contribution in [0.1, 0.15) is 24.1 Å². The summed E-state index contributed by atoms with van der Waals surface area (Å²) in [7, 11) is 0. The first kappa shape index (κ1) is 14.2. The molecule has 1 aromatic carbocycles. The van der Waals surface area contributed by atoms with Crippen molar-refractivity contribution in [2.24, 2.45) is 0 Å². The highest BCUT2D eigenvalue weighted by atomic mass is 15.1. The Hall–Kier alpha value is -2.40. The number of aryl methyl sites for hydroxylation is 1. The standard InChI is InChI=1S/C18H21N5/c1-13-4-5-14(9-18(13)23-8-7-19-12-23)17-11-16(21-22-17)10-15-3-2-6-20-15/h4-5,7-9,11-12,15,20H,2-3,6,10H2,1H3,(H,21,22)/t15-/m0/s1. The summed E-state index contributed by atoms with van der Waals surface area (Å²) in [6, 6.07) is 9.19. The number of hydrogen-bond donors (Lipinski definition) is 2. The second-order valence-corrected chi connectivity index (χ2v) is 6.25. The molecule has 0 saturated carbocycles. The molecule has 0 unspecified atom stereocenters. The molecule has 2 aromatic heterocycles.